The van der Waals surface area contributed by atoms with Gasteiger partial charge >= 0.3 is 0 Å². The van der Waals surface area contributed by atoms with Gasteiger partial charge in [-0.2, -0.15) is 0 Å². The molecule has 19 heavy (non-hydrogen) atoms. The fourth-order valence-electron chi connectivity index (χ4n) is 2.61. The van der Waals surface area contributed by atoms with Crippen molar-refractivity contribution in [2.24, 2.45) is 5.41 Å². The van der Waals surface area contributed by atoms with Gasteiger partial charge in [-0.3, -0.25) is 4.79 Å². The smallest absolute Gasteiger partial charge is 0.252 e. The van der Waals surface area contributed by atoms with Crippen LogP contribution < -0.4 is 10.6 Å². The zero-order chi connectivity index (χ0) is 13.7. The molecule has 1 amide bonds. The highest BCUT2D eigenvalue weighted by Gasteiger charge is 2.28. The molecule has 0 saturated heterocycles. The highest BCUT2D eigenvalue weighted by atomic mass is 16.1. The van der Waals surface area contributed by atoms with E-state index in [2.05, 4.69) is 22.5 Å². The second kappa shape index (κ2) is 6.04. The number of nitrogens with one attached hydrogen (secondary N) is 2. The van der Waals surface area contributed by atoms with Gasteiger partial charge in [-0.15, -0.1) is 0 Å². The van der Waals surface area contributed by atoms with E-state index in [1.54, 1.807) is 6.20 Å². The van der Waals surface area contributed by atoms with E-state index >= 15 is 0 Å². The summed E-state index contributed by atoms with van der Waals surface area (Å²) >= 11 is 0. The first kappa shape index (κ1) is 13.8. The minimum Gasteiger partial charge on any atom is -0.370 e. The molecule has 0 aliphatic heterocycles. The van der Waals surface area contributed by atoms with Crippen LogP contribution in [0.2, 0.25) is 0 Å². The number of nitrogens with zero attached hydrogens (tertiary/aromatic N) is 1. The molecule has 4 heteroatoms. The number of hydrogen-bond donors (Lipinski definition) is 2. The van der Waals surface area contributed by atoms with E-state index in [0.29, 0.717) is 5.56 Å². The van der Waals surface area contributed by atoms with Crippen molar-refractivity contribution < 1.29 is 4.79 Å². The third-order valence-corrected chi connectivity index (χ3v) is 3.87. The fourth-order valence-corrected chi connectivity index (χ4v) is 2.61. The maximum absolute atomic E-state index is 12.0. The molecule has 1 aromatic rings. The lowest BCUT2D eigenvalue weighted by atomic mass is 9.89. The van der Waals surface area contributed by atoms with Gasteiger partial charge in [0.1, 0.15) is 5.82 Å². The van der Waals surface area contributed by atoms with Gasteiger partial charge in [0.25, 0.3) is 5.91 Å². The second-order valence-corrected chi connectivity index (χ2v) is 5.66. The molecule has 1 heterocycles. The first-order chi connectivity index (χ1) is 9.13. The summed E-state index contributed by atoms with van der Waals surface area (Å²) in [5, 5.41) is 6.15. The van der Waals surface area contributed by atoms with Crippen molar-refractivity contribution in [3.8, 4) is 0 Å². The van der Waals surface area contributed by atoms with Gasteiger partial charge in [0.05, 0.1) is 5.56 Å². The standard InChI is InChI=1S/C15H23N3O/c1-3-16-13-7-6-12(10-17-13)14(19)18-11-15(2)8-4-5-9-15/h6-7,10H,3-5,8-9,11H2,1-2H3,(H,16,17)(H,18,19). The van der Waals surface area contributed by atoms with Crippen LogP contribution in [-0.2, 0) is 0 Å². The Morgan fingerprint density at radius 1 is 1.37 bits per heavy atom. The minimum absolute atomic E-state index is 0.0244. The highest BCUT2D eigenvalue weighted by molar-refractivity contribution is 5.94. The molecular formula is C15H23N3O. The summed E-state index contributed by atoms with van der Waals surface area (Å²) in [5.74, 6) is 0.783. The Morgan fingerprint density at radius 3 is 2.68 bits per heavy atom. The Hall–Kier alpha value is -1.58. The predicted molar refractivity (Wildman–Crippen MR) is 77.3 cm³/mol. The van der Waals surface area contributed by atoms with Gasteiger partial charge in [0, 0.05) is 19.3 Å². The van der Waals surface area contributed by atoms with Crippen LogP contribution in [0.4, 0.5) is 5.82 Å². The van der Waals surface area contributed by atoms with E-state index in [1.807, 2.05) is 19.1 Å². The summed E-state index contributed by atoms with van der Waals surface area (Å²) in [4.78, 5) is 16.3. The van der Waals surface area contributed by atoms with Crippen LogP contribution in [0.25, 0.3) is 0 Å². The summed E-state index contributed by atoms with van der Waals surface area (Å²) in [5.41, 5.74) is 0.913. The largest absolute Gasteiger partial charge is 0.370 e. The van der Waals surface area contributed by atoms with Gasteiger partial charge in [-0.05, 0) is 37.3 Å². The van der Waals surface area contributed by atoms with Gasteiger partial charge < -0.3 is 10.6 Å². The fraction of sp³-hybridized carbons (Fsp3) is 0.600. The molecule has 0 unspecified atom stereocenters. The monoisotopic (exact) mass is 261 g/mol. The molecule has 0 atom stereocenters. The van der Waals surface area contributed by atoms with E-state index in [1.165, 1.54) is 25.7 Å². The number of rotatable bonds is 5. The number of hydrogen-bond acceptors (Lipinski definition) is 3. The summed E-state index contributed by atoms with van der Waals surface area (Å²) in [7, 11) is 0. The minimum atomic E-state index is -0.0244. The Kier molecular flexibility index (Phi) is 4.40. The summed E-state index contributed by atoms with van der Waals surface area (Å²) in [6.45, 7) is 5.87. The summed E-state index contributed by atoms with van der Waals surface area (Å²) in [6.07, 6.45) is 6.62. The van der Waals surface area contributed by atoms with Crippen LogP contribution in [0.5, 0.6) is 0 Å². The lowest BCUT2D eigenvalue weighted by Crippen LogP contribution is -2.34. The molecule has 1 fully saturated rings. The lowest BCUT2D eigenvalue weighted by Gasteiger charge is -2.23. The SMILES string of the molecule is CCNc1ccc(C(=O)NCC2(C)CCCC2)cn1. The van der Waals surface area contributed by atoms with Gasteiger partial charge in [0.15, 0.2) is 0 Å². The molecular weight excluding hydrogens is 238 g/mol. The zero-order valence-electron chi connectivity index (χ0n) is 11.8. The molecule has 0 bridgehead atoms. The third-order valence-electron chi connectivity index (χ3n) is 3.87. The molecule has 2 N–H and O–H groups in total. The maximum Gasteiger partial charge on any atom is 0.252 e. The molecule has 0 aromatic carbocycles. The van der Waals surface area contributed by atoms with Crippen molar-refractivity contribution in [1.82, 2.24) is 10.3 Å². The molecule has 104 valence electrons. The van der Waals surface area contributed by atoms with E-state index < -0.39 is 0 Å². The zero-order valence-corrected chi connectivity index (χ0v) is 11.8. The van der Waals surface area contributed by atoms with E-state index in [0.717, 1.165) is 18.9 Å². The first-order valence-electron chi connectivity index (χ1n) is 7.11. The number of aromatic nitrogens is 1. The van der Waals surface area contributed by atoms with Crippen molar-refractivity contribution in [2.75, 3.05) is 18.4 Å². The van der Waals surface area contributed by atoms with Crippen LogP contribution in [0.3, 0.4) is 0 Å². The van der Waals surface area contributed by atoms with Crippen LogP contribution in [0.1, 0.15) is 49.9 Å². The normalized spacial score (nSPS) is 17.2. The molecule has 0 radical (unpaired) electrons. The Bertz CT molecular complexity index is 422. The number of pyridine rings is 1. The van der Waals surface area contributed by atoms with E-state index in [4.69, 9.17) is 0 Å². The van der Waals surface area contributed by atoms with Crippen molar-refractivity contribution in [3.63, 3.8) is 0 Å². The maximum atomic E-state index is 12.0. The predicted octanol–water partition coefficient (Wildman–Crippen LogP) is 2.82. The van der Waals surface area contributed by atoms with Crippen molar-refractivity contribution in [2.45, 2.75) is 39.5 Å². The first-order valence-corrected chi connectivity index (χ1v) is 7.11. The Labute approximate surface area is 115 Å². The van der Waals surface area contributed by atoms with Crippen LogP contribution in [-0.4, -0.2) is 24.0 Å². The van der Waals surface area contributed by atoms with Crippen molar-refractivity contribution in [1.29, 1.82) is 0 Å². The summed E-state index contributed by atoms with van der Waals surface area (Å²) < 4.78 is 0. The molecule has 1 aliphatic rings. The number of amides is 1. The average Bonchev–Trinajstić information content (AvgIpc) is 2.85. The van der Waals surface area contributed by atoms with Gasteiger partial charge in [0.2, 0.25) is 0 Å². The molecule has 1 aliphatic carbocycles. The Morgan fingerprint density at radius 2 is 2.11 bits per heavy atom. The number of anilines is 1. The quantitative estimate of drug-likeness (QED) is 0.857. The number of carbonyl (C=O) groups is 1. The van der Waals surface area contributed by atoms with Crippen LogP contribution >= 0.6 is 0 Å². The molecule has 0 spiro atoms. The van der Waals surface area contributed by atoms with Gasteiger partial charge in [-0.1, -0.05) is 19.8 Å². The van der Waals surface area contributed by atoms with Crippen LogP contribution in [0.15, 0.2) is 18.3 Å². The van der Waals surface area contributed by atoms with E-state index in [9.17, 15) is 4.79 Å². The second-order valence-electron chi connectivity index (χ2n) is 5.66. The van der Waals surface area contributed by atoms with Crippen molar-refractivity contribution in [3.05, 3.63) is 23.9 Å². The molecule has 1 saturated carbocycles. The lowest BCUT2D eigenvalue weighted by molar-refractivity contribution is 0.0934. The molecule has 4 nitrogen and oxygen atoms in total. The molecule has 2 rings (SSSR count). The average molecular weight is 261 g/mol. The Balaban J connectivity index is 1.88. The number of carbonyl (C=O) groups excluding carboxylic acids is 1. The highest BCUT2D eigenvalue weighted by Crippen LogP contribution is 2.36. The van der Waals surface area contributed by atoms with Crippen molar-refractivity contribution >= 4 is 11.7 Å². The third kappa shape index (κ3) is 3.69. The van der Waals surface area contributed by atoms with E-state index in [-0.39, 0.29) is 11.3 Å². The summed E-state index contributed by atoms with van der Waals surface area (Å²) in [6, 6.07) is 3.66. The molecule has 1 aromatic heterocycles. The van der Waals surface area contributed by atoms with Crippen LogP contribution in [0, 0.1) is 5.41 Å². The topological polar surface area (TPSA) is 54.0 Å². The van der Waals surface area contributed by atoms with Gasteiger partial charge in [-0.25, -0.2) is 4.98 Å².